The summed E-state index contributed by atoms with van der Waals surface area (Å²) < 4.78 is 20.7. The van der Waals surface area contributed by atoms with Crippen LogP contribution < -0.4 is 4.90 Å². The van der Waals surface area contributed by atoms with E-state index in [1.54, 1.807) is 29.0 Å². The fraction of sp³-hybridized carbons (Fsp3) is 0.706. The van der Waals surface area contributed by atoms with Gasteiger partial charge in [0, 0.05) is 13.1 Å². The molecule has 2 aliphatic rings. The number of piperidine rings is 1. The molecule has 6 nitrogen and oxygen atoms in total. The topological polar surface area (TPSA) is 58.6 Å². The standard InChI is InChI=1S/C17H24ClFN4O2/c1-17(2,3)25-16(24)23-10-5-6-11(23)15(19)12(9-10)22(4)14-8-7-13(18)20-21-14/h7-8,10-12,15H,5-6,9H2,1-4H3/t10?,11?,12-,15+/m1/s1. The number of alkyl halides is 1. The van der Waals surface area contributed by atoms with Crippen molar-refractivity contribution in [2.24, 2.45) is 0 Å². The van der Waals surface area contributed by atoms with Gasteiger partial charge in [-0.25, -0.2) is 9.18 Å². The van der Waals surface area contributed by atoms with E-state index in [-0.39, 0.29) is 12.1 Å². The van der Waals surface area contributed by atoms with Gasteiger partial charge in [-0.15, -0.1) is 10.2 Å². The number of amides is 1. The van der Waals surface area contributed by atoms with Gasteiger partial charge in [0.1, 0.15) is 11.8 Å². The highest BCUT2D eigenvalue weighted by molar-refractivity contribution is 6.29. The summed E-state index contributed by atoms with van der Waals surface area (Å²) in [6, 6.07) is 2.54. The van der Waals surface area contributed by atoms with Crippen LogP contribution in [0.15, 0.2) is 12.1 Å². The average Bonchev–Trinajstić information content (AvgIpc) is 2.87. The number of rotatable bonds is 2. The summed E-state index contributed by atoms with van der Waals surface area (Å²) in [5, 5.41) is 8.16. The molecular formula is C17H24ClFN4O2. The monoisotopic (exact) mass is 370 g/mol. The molecule has 2 unspecified atom stereocenters. The summed E-state index contributed by atoms with van der Waals surface area (Å²) >= 11 is 5.77. The lowest BCUT2D eigenvalue weighted by atomic mass is 9.94. The number of anilines is 1. The molecule has 0 saturated carbocycles. The zero-order valence-electron chi connectivity index (χ0n) is 14.9. The van der Waals surface area contributed by atoms with Crippen molar-refractivity contribution in [3.8, 4) is 0 Å². The van der Waals surface area contributed by atoms with Gasteiger partial charge >= 0.3 is 6.09 Å². The first-order chi connectivity index (χ1) is 11.7. The molecule has 4 atom stereocenters. The number of carbonyl (C=O) groups is 1. The van der Waals surface area contributed by atoms with Gasteiger partial charge < -0.3 is 9.64 Å². The number of halogens is 2. The zero-order valence-corrected chi connectivity index (χ0v) is 15.7. The van der Waals surface area contributed by atoms with Crippen LogP contribution in [0, 0.1) is 0 Å². The number of carbonyl (C=O) groups excluding carboxylic acids is 1. The lowest BCUT2D eigenvalue weighted by molar-refractivity contribution is -0.0104. The van der Waals surface area contributed by atoms with Crippen LogP contribution in [0.1, 0.15) is 40.0 Å². The van der Waals surface area contributed by atoms with Crippen LogP contribution in [0.25, 0.3) is 0 Å². The maximum atomic E-state index is 15.2. The Hall–Kier alpha value is -1.63. The second-order valence-corrected chi connectivity index (χ2v) is 8.15. The lowest BCUT2D eigenvalue weighted by Crippen LogP contribution is -2.59. The summed E-state index contributed by atoms with van der Waals surface area (Å²) in [6.45, 7) is 5.46. The average molecular weight is 371 g/mol. The molecule has 25 heavy (non-hydrogen) atoms. The minimum Gasteiger partial charge on any atom is -0.444 e. The van der Waals surface area contributed by atoms with E-state index in [4.69, 9.17) is 16.3 Å². The molecule has 2 aliphatic heterocycles. The van der Waals surface area contributed by atoms with Gasteiger partial charge in [-0.2, -0.15) is 0 Å². The highest BCUT2D eigenvalue weighted by atomic mass is 35.5. The third-order valence-electron chi connectivity index (χ3n) is 4.88. The Bertz CT molecular complexity index is 637. The van der Waals surface area contributed by atoms with Gasteiger partial charge in [-0.3, -0.25) is 4.90 Å². The SMILES string of the molecule is CN(c1ccc(Cl)nn1)[C@@H]1CC2CCC([C@@H]1F)N2C(=O)OC(C)(C)C. The Morgan fingerprint density at radius 1 is 1.36 bits per heavy atom. The van der Waals surface area contributed by atoms with E-state index in [9.17, 15) is 4.79 Å². The molecule has 138 valence electrons. The van der Waals surface area contributed by atoms with Crippen LogP contribution in [-0.2, 0) is 4.74 Å². The maximum absolute atomic E-state index is 15.2. The first kappa shape index (κ1) is 18.2. The smallest absolute Gasteiger partial charge is 0.410 e. The zero-order chi connectivity index (χ0) is 18.4. The maximum Gasteiger partial charge on any atom is 0.410 e. The highest BCUT2D eigenvalue weighted by Gasteiger charge is 2.52. The Morgan fingerprint density at radius 2 is 2.08 bits per heavy atom. The minimum atomic E-state index is -1.17. The number of hydrogen-bond acceptors (Lipinski definition) is 5. The molecule has 0 aromatic carbocycles. The van der Waals surface area contributed by atoms with Crippen LogP contribution in [0.5, 0.6) is 0 Å². The van der Waals surface area contributed by atoms with Crippen molar-refractivity contribution in [3.63, 3.8) is 0 Å². The molecule has 0 radical (unpaired) electrons. The van der Waals surface area contributed by atoms with Gasteiger partial charge in [-0.1, -0.05) is 11.6 Å². The molecule has 3 heterocycles. The normalized spacial score (nSPS) is 28.8. The number of fused-ring (bicyclic) bond motifs is 2. The predicted octanol–water partition coefficient (Wildman–Crippen LogP) is 3.44. The van der Waals surface area contributed by atoms with E-state index in [1.165, 1.54) is 0 Å². The molecule has 0 N–H and O–H groups in total. The molecule has 3 rings (SSSR count). The Morgan fingerprint density at radius 3 is 2.68 bits per heavy atom. The van der Waals surface area contributed by atoms with Gasteiger partial charge in [0.2, 0.25) is 0 Å². The van der Waals surface area contributed by atoms with Crippen molar-refractivity contribution in [3.05, 3.63) is 17.3 Å². The number of ether oxygens (including phenoxy) is 1. The minimum absolute atomic E-state index is 0.0143. The molecular weight excluding hydrogens is 347 g/mol. The summed E-state index contributed by atoms with van der Waals surface area (Å²) in [4.78, 5) is 15.9. The first-order valence-corrected chi connectivity index (χ1v) is 8.92. The molecule has 0 spiro atoms. The van der Waals surface area contributed by atoms with Crippen LogP contribution in [-0.4, -0.2) is 58.1 Å². The Kier molecular flexibility index (Phi) is 4.79. The molecule has 2 bridgehead atoms. The number of hydrogen-bond donors (Lipinski definition) is 0. The van der Waals surface area contributed by atoms with Gasteiger partial charge in [0.25, 0.3) is 0 Å². The molecule has 1 amide bonds. The Balaban J connectivity index is 1.76. The van der Waals surface area contributed by atoms with Crippen LogP contribution in [0.2, 0.25) is 5.15 Å². The predicted molar refractivity (Wildman–Crippen MR) is 93.6 cm³/mol. The third kappa shape index (κ3) is 3.66. The van der Waals surface area contributed by atoms with Crippen LogP contribution in [0.4, 0.5) is 15.0 Å². The van der Waals surface area contributed by atoms with E-state index in [0.29, 0.717) is 23.8 Å². The Labute approximate surface area is 152 Å². The van der Waals surface area contributed by atoms with Gasteiger partial charge in [0.15, 0.2) is 11.0 Å². The second kappa shape index (κ2) is 6.59. The summed E-state index contributed by atoms with van der Waals surface area (Å²) in [5.74, 6) is 0.571. The summed E-state index contributed by atoms with van der Waals surface area (Å²) in [6.07, 6.45) is 0.393. The third-order valence-corrected chi connectivity index (χ3v) is 5.08. The molecule has 1 aromatic heterocycles. The van der Waals surface area contributed by atoms with Gasteiger partial charge in [-0.05, 0) is 52.2 Å². The first-order valence-electron chi connectivity index (χ1n) is 8.55. The van der Waals surface area contributed by atoms with E-state index in [1.807, 2.05) is 20.8 Å². The fourth-order valence-corrected chi connectivity index (χ4v) is 3.86. The van der Waals surface area contributed by atoms with Crippen LogP contribution in [0.3, 0.4) is 0 Å². The van der Waals surface area contributed by atoms with Crippen molar-refractivity contribution in [2.75, 3.05) is 11.9 Å². The van der Waals surface area contributed by atoms with E-state index in [0.717, 1.165) is 6.42 Å². The molecule has 1 aromatic rings. The van der Waals surface area contributed by atoms with Crippen molar-refractivity contribution in [1.82, 2.24) is 15.1 Å². The fourth-order valence-electron chi connectivity index (χ4n) is 3.76. The van der Waals surface area contributed by atoms with Crippen LogP contribution >= 0.6 is 11.6 Å². The van der Waals surface area contributed by atoms with E-state index in [2.05, 4.69) is 10.2 Å². The lowest BCUT2D eigenvalue weighted by Gasteiger charge is -2.44. The van der Waals surface area contributed by atoms with E-state index >= 15 is 4.39 Å². The highest BCUT2D eigenvalue weighted by Crippen LogP contribution is 2.40. The molecule has 2 fully saturated rings. The quantitative estimate of drug-likeness (QED) is 0.798. The summed E-state index contributed by atoms with van der Waals surface area (Å²) in [7, 11) is 1.80. The summed E-state index contributed by atoms with van der Waals surface area (Å²) in [5.41, 5.74) is -0.588. The van der Waals surface area contributed by atoms with E-state index < -0.39 is 23.9 Å². The van der Waals surface area contributed by atoms with Crippen molar-refractivity contribution in [1.29, 1.82) is 0 Å². The van der Waals surface area contributed by atoms with Crippen molar-refractivity contribution in [2.45, 2.75) is 69.9 Å². The van der Waals surface area contributed by atoms with Crippen molar-refractivity contribution >= 4 is 23.5 Å². The van der Waals surface area contributed by atoms with Crippen molar-refractivity contribution < 1.29 is 13.9 Å². The largest absolute Gasteiger partial charge is 0.444 e. The number of aromatic nitrogens is 2. The molecule has 0 aliphatic carbocycles. The molecule has 8 heteroatoms. The number of nitrogens with zero attached hydrogens (tertiary/aromatic N) is 4. The second-order valence-electron chi connectivity index (χ2n) is 7.76. The van der Waals surface area contributed by atoms with Gasteiger partial charge in [0.05, 0.1) is 12.1 Å². The molecule has 2 saturated heterocycles.